The standard InChI is InChI=1S/C21H22N8O3S/c1-24-14-22-19(29(30)31)20(24)26-11-9-25(10-12-26)15-27-21(33)28(16-6-3-2-4-7-16)18(23-27)17-8-5-13-32-17/h2-8,13-14H,9-12,15H2,1H3. The maximum Gasteiger partial charge on any atom is 0.406 e. The molecular weight excluding hydrogens is 444 g/mol. The molecule has 1 aromatic carbocycles. The Morgan fingerprint density at radius 2 is 1.88 bits per heavy atom. The highest BCUT2D eigenvalue weighted by Crippen LogP contribution is 2.27. The molecule has 5 rings (SSSR count). The average Bonchev–Trinajstić information content (AvgIpc) is 3.55. The van der Waals surface area contributed by atoms with Crippen LogP contribution in [0.1, 0.15) is 0 Å². The minimum atomic E-state index is -0.437. The Hall–Kier alpha value is -3.77. The van der Waals surface area contributed by atoms with Crippen molar-refractivity contribution < 1.29 is 9.34 Å². The number of rotatable bonds is 6. The third kappa shape index (κ3) is 3.94. The van der Waals surface area contributed by atoms with Crippen molar-refractivity contribution in [1.82, 2.24) is 28.8 Å². The van der Waals surface area contributed by atoms with Gasteiger partial charge in [-0.25, -0.2) is 4.68 Å². The van der Waals surface area contributed by atoms with Crippen molar-refractivity contribution in [3.05, 3.63) is 69.9 Å². The molecule has 0 bridgehead atoms. The molecule has 0 radical (unpaired) electrons. The van der Waals surface area contributed by atoms with E-state index in [-0.39, 0.29) is 5.82 Å². The number of furan rings is 1. The Morgan fingerprint density at radius 1 is 1.12 bits per heavy atom. The van der Waals surface area contributed by atoms with Crippen molar-refractivity contribution in [1.29, 1.82) is 0 Å². The summed E-state index contributed by atoms with van der Waals surface area (Å²) >= 11 is 5.79. The van der Waals surface area contributed by atoms with Crippen molar-refractivity contribution in [3.8, 4) is 17.3 Å². The van der Waals surface area contributed by atoms with Crippen LogP contribution in [0.25, 0.3) is 17.3 Å². The van der Waals surface area contributed by atoms with Crippen molar-refractivity contribution in [3.63, 3.8) is 0 Å². The van der Waals surface area contributed by atoms with Crippen LogP contribution in [0.5, 0.6) is 0 Å². The summed E-state index contributed by atoms with van der Waals surface area (Å²) in [5.74, 6) is 1.69. The third-order valence-electron chi connectivity index (χ3n) is 5.66. The van der Waals surface area contributed by atoms with Gasteiger partial charge in [0.15, 0.2) is 5.76 Å². The summed E-state index contributed by atoms with van der Waals surface area (Å²) in [5.41, 5.74) is 0.911. The second-order valence-electron chi connectivity index (χ2n) is 7.76. The van der Waals surface area contributed by atoms with Crippen molar-refractivity contribution in [2.75, 3.05) is 31.1 Å². The van der Waals surface area contributed by atoms with E-state index in [1.165, 1.54) is 6.33 Å². The predicted octanol–water partition coefficient (Wildman–Crippen LogP) is 3.08. The quantitative estimate of drug-likeness (QED) is 0.243. The van der Waals surface area contributed by atoms with Crippen LogP contribution >= 0.6 is 12.2 Å². The number of anilines is 1. The van der Waals surface area contributed by atoms with Gasteiger partial charge in [0.25, 0.3) is 0 Å². The van der Waals surface area contributed by atoms with Crippen LogP contribution in [-0.4, -0.2) is 59.9 Å². The van der Waals surface area contributed by atoms with E-state index in [2.05, 4.69) is 9.88 Å². The SMILES string of the molecule is Cn1cnc([N+](=O)[O-])c1N1CCN(Cn2nc(-c3ccco3)n(-c3ccccc3)c2=S)CC1. The zero-order valence-corrected chi connectivity index (χ0v) is 18.8. The first-order chi connectivity index (χ1) is 16.0. The molecule has 0 atom stereocenters. The monoisotopic (exact) mass is 466 g/mol. The van der Waals surface area contributed by atoms with Gasteiger partial charge in [0.1, 0.15) is 0 Å². The Balaban J connectivity index is 1.38. The van der Waals surface area contributed by atoms with Crippen LogP contribution in [0.3, 0.4) is 0 Å². The highest BCUT2D eigenvalue weighted by molar-refractivity contribution is 7.71. The van der Waals surface area contributed by atoms with E-state index in [1.54, 1.807) is 22.6 Å². The van der Waals surface area contributed by atoms with Crippen LogP contribution in [0, 0.1) is 14.9 Å². The molecule has 33 heavy (non-hydrogen) atoms. The molecule has 0 saturated carbocycles. The van der Waals surface area contributed by atoms with Gasteiger partial charge in [0, 0.05) is 33.2 Å². The summed E-state index contributed by atoms with van der Waals surface area (Å²) in [4.78, 5) is 19.0. The first-order valence-corrected chi connectivity index (χ1v) is 10.9. The van der Waals surface area contributed by atoms with Gasteiger partial charge in [-0.15, -0.1) is 5.10 Å². The minimum absolute atomic E-state index is 0.113. The summed E-state index contributed by atoms with van der Waals surface area (Å²) in [7, 11) is 1.77. The largest absolute Gasteiger partial charge is 0.461 e. The number of aryl methyl sites for hydroxylation is 1. The van der Waals surface area contributed by atoms with Gasteiger partial charge in [-0.2, -0.15) is 0 Å². The Kier molecular flexibility index (Phi) is 5.52. The topological polar surface area (TPSA) is 103 Å². The van der Waals surface area contributed by atoms with Crippen LogP contribution in [0.15, 0.2) is 59.5 Å². The number of aromatic nitrogens is 5. The number of hydrogen-bond acceptors (Lipinski definition) is 8. The molecule has 12 heteroatoms. The van der Waals surface area contributed by atoms with E-state index < -0.39 is 4.92 Å². The predicted molar refractivity (Wildman–Crippen MR) is 124 cm³/mol. The smallest absolute Gasteiger partial charge is 0.406 e. The number of imidazole rings is 1. The molecule has 1 aliphatic rings. The first kappa shape index (κ1) is 21.1. The van der Waals surface area contributed by atoms with Crippen molar-refractivity contribution in [2.45, 2.75) is 6.67 Å². The molecule has 3 aromatic heterocycles. The average molecular weight is 467 g/mol. The lowest BCUT2D eigenvalue weighted by Gasteiger charge is -2.35. The molecule has 0 amide bonds. The van der Waals surface area contributed by atoms with Gasteiger partial charge in [-0.3, -0.25) is 14.0 Å². The van der Waals surface area contributed by atoms with Gasteiger partial charge in [-0.05, 0) is 46.4 Å². The number of benzene rings is 1. The van der Waals surface area contributed by atoms with Crippen LogP contribution in [0.4, 0.5) is 11.6 Å². The van der Waals surface area contributed by atoms with E-state index in [9.17, 15) is 10.1 Å². The molecule has 0 N–H and O–H groups in total. The zero-order valence-electron chi connectivity index (χ0n) is 17.9. The summed E-state index contributed by atoms with van der Waals surface area (Å²) in [6.07, 6.45) is 3.09. The van der Waals surface area contributed by atoms with Crippen LogP contribution in [-0.2, 0) is 13.7 Å². The second kappa shape index (κ2) is 8.64. The number of nitro groups is 1. The highest BCUT2D eigenvalue weighted by atomic mass is 32.1. The Bertz CT molecular complexity index is 1320. The molecule has 1 aliphatic heterocycles. The summed E-state index contributed by atoms with van der Waals surface area (Å²) in [5, 5.41) is 16.1. The highest BCUT2D eigenvalue weighted by Gasteiger charge is 2.29. The minimum Gasteiger partial charge on any atom is -0.461 e. The summed E-state index contributed by atoms with van der Waals surface area (Å²) in [6, 6.07) is 13.5. The summed E-state index contributed by atoms with van der Waals surface area (Å²) < 4.78 is 11.6. The molecular formula is C21H22N8O3S. The fourth-order valence-electron chi connectivity index (χ4n) is 4.07. The van der Waals surface area contributed by atoms with Crippen molar-refractivity contribution >= 4 is 23.9 Å². The molecule has 0 spiro atoms. The van der Waals surface area contributed by atoms with Crippen molar-refractivity contribution in [2.24, 2.45) is 7.05 Å². The van der Waals surface area contributed by atoms with Gasteiger partial charge >= 0.3 is 5.82 Å². The number of hydrogen-bond donors (Lipinski definition) is 0. The molecule has 11 nitrogen and oxygen atoms in total. The number of piperazine rings is 1. The third-order valence-corrected chi connectivity index (χ3v) is 6.05. The van der Waals surface area contributed by atoms with Gasteiger partial charge in [-0.1, -0.05) is 18.2 Å². The molecule has 170 valence electrons. The van der Waals surface area contributed by atoms with Crippen LogP contribution < -0.4 is 4.90 Å². The fourth-order valence-corrected chi connectivity index (χ4v) is 4.36. The van der Waals surface area contributed by atoms with Gasteiger partial charge < -0.3 is 19.4 Å². The Morgan fingerprint density at radius 3 is 2.55 bits per heavy atom. The van der Waals surface area contributed by atoms with E-state index in [4.69, 9.17) is 21.7 Å². The van der Waals surface area contributed by atoms with Gasteiger partial charge in [0.2, 0.25) is 22.7 Å². The zero-order chi connectivity index (χ0) is 22.9. The number of nitrogens with zero attached hydrogens (tertiary/aromatic N) is 8. The molecule has 1 fully saturated rings. The molecule has 4 heterocycles. The molecule has 0 unspecified atom stereocenters. The first-order valence-electron chi connectivity index (χ1n) is 10.4. The normalized spacial score (nSPS) is 14.6. The molecule has 0 aliphatic carbocycles. The maximum absolute atomic E-state index is 11.3. The van der Waals surface area contributed by atoms with Crippen LogP contribution in [0.2, 0.25) is 0 Å². The second-order valence-corrected chi connectivity index (χ2v) is 8.13. The summed E-state index contributed by atoms with van der Waals surface area (Å²) in [6.45, 7) is 3.20. The molecule has 1 saturated heterocycles. The molecule has 4 aromatic rings. The lowest BCUT2D eigenvalue weighted by molar-refractivity contribution is -0.388. The number of para-hydroxylation sites is 1. The van der Waals surface area contributed by atoms with E-state index in [0.717, 1.165) is 5.69 Å². The maximum atomic E-state index is 11.3. The van der Waals surface area contributed by atoms with E-state index >= 15 is 0 Å². The van der Waals surface area contributed by atoms with E-state index in [0.29, 0.717) is 55.0 Å². The lowest BCUT2D eigenvalue weighted by Crippen LogP contribution is -2.47. The fraction of sp³-hybridized carbons (Fsp3) is 0.286. The Labute approximate surface area is 194 Å². The van der Waals surface area contributed by atoms with E-state index in [1.807, 2.05) is 51.9 Å². The lowest BCUT2D eigenvalue weighted by atomic mass is 10.3. The van der Waals surface area contributed by atoms with Gasteiger partial charge in [0.05, 0.1) is 18.6 Å².